The van der Waals surface area contributed by atoms with Crippen molar-refractivity contribution in [2.45, 2.75) is 6.42 Å². The van der Waals surface area contributed by atoms with Crippen LogP contribution >= 0.6 is 0 Å². The molecule has 1 N–H and O–H groups in total. The molecule has 0 amide bonds. The first-order chi connectivity index (χ1) is 6.72. The van der Waals surface area contributed by atoms with Crippen LogP contribution in [-0.2, 0) is 0 Å². The summed E-state index contributed by atoms with van der Waals surface area (Å²) < 4.78 is 5.14. The zero-order valence-corrected chi connectivity index (χ0v) is 7.19. The van der Waals surface area contributed by atoms with E-state index >= 15 is 0 Å². The van der Waals surface area contributed by atoms with Gasteiger partial charge < -0.3 is 9.84 Å². The highest BCUT2D eigenvalue weighted by atomic mass is 16.5. The number of phenolic OH excluding ortho intramolecular Hbond substituents is 1. The largest absolute Gasteiger partial charge is 0.507 e. The van der Waals surface area contributed by atoms with E-state index in [9.17, 15) is 14.8 Å². The lowest BCUT2D eigenvalue weighted by Crippen LogP contribution is -2.15. The maximum absolute atomic E-state index is 11.4. The van der Waals surface area contributed by atoms with Crippen LogP contribution in [0.2, 0.25) is 0 Å². The molecule has 5 nitrogen and oxygen atoms in total. The molecule has 0 radical (unpaired) electrons. The van der Waals surface area contributed by atoms with Crippen LogP contribution in [0.3, 0.4) is 0 Å². The van der Waals surface area contributed by atoms with Crippen LogP contribution in [0.15, 0.2) is 17.3 Å². The Morgan fingerprint density at radius 2 is 2.21 bits per heavy atom. The number of fused-ring (bicyclic) bond motifs is 1. The smallest absolute Gasteiger partial charge is 0.173 e. The fourth-order valence-electron chi connectivity index (χ4n) is 1.41. The van der Waals surface area contributed by atoms with Gasteiger partial charge in [0.1, 0.15) is 22.7 Å². The highest BCUT2D eigenvalue weighted by molar-refractivity contribution is 6.02. The van der Waals surface area contributed by atoms with Crippen molar-refractivity contribution in [3.8, 4) is 11.5 Å². The SMILES string of the molecule is O=Nc1cc(O)c2c(c1)OCCC2=O. The summed E-state index contributed by atoms with van der Waals surface area (Å²) in [5.41, 5.74) is 0.194. The molecule has 14 heavy (non-hydrogen) atoms. The van der Waals surface area contributed by atoms with Crippen LogP contribution in [0.25, 0.3) is 0 Å². The Balaban J connectivity index is 2.62. The zero-order chi connectivity index (χ0) is 10.1. The van der Waals surface area contributed by atoms with E-state index in [1.54, 1.807) is 0 Å². The van der Waals surface area contributed by atoms with Gasteiger partial charge in [0.05, 0.1) is 6.61 Å². The van der Waals surface area contributed by atoms with Gasteiger partial charge in [-0.15, -0.1) is 4.91 Å². The van der Waals surface area contributed by atoms with Crippen LogP contribution < -0.4 is 4.74 Å². The first-order valence-electron chi connectivity index (χ1n) is 4.08. The van der Waals surface area contributed by atoms with E-state index in [-0.39, 0.29) is 41.6 Å². The molecule has 2 rings (SSSR count). The molecular formula is C9H7NO4. The Labute approximate surface area is 79.3 Å². The quantitative estimate of drug-likeness (QED) is 0.689. The molecule has 1 aromatic carbocycles. The van der Waals surface area contributed by atoms with Crippen LogP contribution in [0.1, 0.15) is 16.8 Å². The van der Waals surface area contributed by atoms with E-state index in [4.69, 9.17) is 4.74 Å². The minimum Gasteiger partial charge on any atom is -0.507 e. The van der Waals surface area contributed by atoms with Gasteiger partial charge in [0.2, 0.25) is 0 Å². The van der Waals surface area contributed by atoms with E-state index in [1.165, 1.54) is 6.07 Å². The molecular weight excluding hydrogens is 186 g/mol. The monoisotopic (exact) mass is 193 g/mol. The molecule has 1 aliphatic heterocycles. The fraction of sp³-hybridized carbons (Fsp3) is 0.222. The van der Waals surface area contributed by atoms with E-state index in [0.29, 0.717) is 0 Å². The van der Waals surface area contributed by atoms with Gasteiger partial charge in [-0.1, -0.05) is 0 Å². The number of ketones is 1. The first-order valence-corrected chi connectivity index (χ1v) is 4.08. The van der Waals surface area contributed by atoms with Gasteiger partial charge in [0, 0.05) is 18.6 Å². The molecule has 0 bridgehead atoms. The average Bonchev–Trinajstić information content (AvgIpc) is 2.17. The first kappa shape index (κ1) is 8.68. The van der Waals surface area contributed by atoms with E-state index in [0.717, 1.165) is 6.07 Å². The molecule has 0 spiro atoms. The number of Topliss-reactive ketones (excluding diaryl/α,β-unsaturated/α-hetero) is 1. The number of ether oxygens (including phenoxy) is 1. The maximum atomic E-state index is 11.4. The third-order valence-electron chi connectivity index (χ3n) is 2.04. The van der Waals surface area contributed by atoms with Crippen molar-refractivity contribution in [1.82, 2.24) is 0 Å². The topological polar surface area (TPSA) is 76.0 Å². The third-order valence-corrected chi connectivity index (χ3v) is 2.04. The van der Waals surface area contributed by atoms with Gasteiger partial charge in [-0.05, 0) is 5.18 Å². The summed E-state index contributed by atoms with van der Waals surface area (Å²) in [5.74, 6) is -0.196. The standard InChI is InChI=1S/C9H7NO4/c11-6-1-2-14-8-4-5(10-13)3-7(12)9(6)8/h3-4,12H,1-2H2. The second-order valence-corrected chi connectivity index (χ2v) is 2.95. The molecule has 0 saturated carbocycles. The summed E-state index contributed by atoms with van der Waals surface area (Å²) in [5, 5.41) is 12.1. The number of nitroso groups, excluding NO2 is 1. The van der Waals surface area contributed by atoms with E-state index in [1.807, 2.05) is 0 Å². The number of nitrogens with zero attached hydrogens (tertiary/aromatic N) is 1. The van der Waals surface area contributed by atoms with Crippen molar-refractivity contribution >= 4 is 11.5 Å². The number of aromatic hydroxyl groups is 1. The molecule has 5 heteroatoms. The Kier molecular flexibility index (Phi) is 1.92. The molecule has 72 valence electrons. The van der Waals surface area contributed by atoms with Crippen molar-refractivity contribution in [1.29, 1.82) is 0 Å². The molecule has 0 aliphatic carbocycles. The fourth-order valence-corrected chi connectivity index (χ4v) is 1.41. The lowest BCUT2D eigenvalue weighted by Gasteiger charge is -2.16. The van der Waals surface area contributed by atoms with Crippen molar-refractivity contribution in [3.63, 3.8) is 0 Å². The number of phenols is 1. The van der Waals surface area contributed by atoms with Gasteiger partial charge in [-0.2, -0.15) is 0 Å². The molecule has 1 aliphatic rings. The third kappa shape index (κ3) is 1.22. The number of rotatable bonds is 1. The van der Waals surface area contributed by atoms with Crippen molar-refractivity contribution in [2.24, 2.45) is 5.18 Å². The number of carbonyl (C=O) groups is 1. The molecule has 1 aromatic rings. The summed E-state index contributed by atoms with van der Waals surface area (Å²) in [7, 11) is 0. The molecule has 0 saturated heterocycles. The summed E-state index contributed by atoms with van der Waals surface area (Å²) >= 11 is 0. The highest BCUT2D eigenvalue weighted by Gasteiger charge is 2.23. The summed E-state index contributed by atoms with van der Waals surface area (Å²) in [4.78, 5) is 21.6. The predicted octanol–water partition coefficient (Wildman–Crippen LogP) is 1.76. The molecule has 0 aromatic heterocycles. The number of carbonyl (C=O) groups excluding carboxylic acids is 1. The normalized spacial score (nSPS) is 14.4. The van der Waals surface area contributed by atoms with E-state index in [2.05, 4.69) is 5.18 Å². The Bertz CT molecular complexity index is 414. The van der Waals surface area contributed by atoms with Crippen LogP contribution in [0, 0.1) is 4.91 Å². The second-order valence-electron chi connectivity index (χ2n) is 2.95. The minimum atomic E-state index is -0.248. The van der Waals surface area contributed by atoms with Crippen molar-refractivity contribution in [3.05, 3.63) is 22.6 Å². The number of hydrogen-bond acceptors (Lipinski definition) is 5. The second kappa shape index (κ2) is 3.10. The molecule has 0 unspecified atom stereocenters. The van der Waals surface area contributed by atoms with Crippen LogP contribution in [0.5, 0.6) is 11.5 Å². The number of benzene rings is 1. The van der Waals surface area contributed by atoms with Crippen molar-refractivity contribution < 1.29 is 14.6 Å². The minimum absolute atomic E-state index is 0.0518. The zero-order valence-electron chi connectivity index (χ0n) is 7.19. The Morgan fingerprint density at radius 1 is 1.43 bits per heavy atom. The van der Waals surface area contributed by atoms with Gasteiger partial charge >= 0.3 is 0 Å². The number of hydrogen-bond donors (Lipinski definition) is 1. The Hall–Kier alpha value is -1.91. The van der Waals surface area contributed by atoms with Gasteiger partial charge in [0.25, 0.3) is 0 Å². The summed E-state index contributed by atoms with van der Waals surface area (Å²) in [6.07, 6.45) is 0.244. The molecule has 0 atom stereocenters. The van der Waals surface area contributed by atoms with E-state index < -0.39 is 0 Å². The maximum Gasteiger partial charge on any atom is 0.173 e. The summed E-state index contributed by atoms with van der Waals surface area (Å²) in [6, 6.07) is 2.50. The highest BCUT2D eigenvalue weighted by Crippen LogP contribution is 2.36. The predicted molar refractivity (Wildman–Crippen MR) is 48.0 cm³/mol. The Morgan fingerprint density at radius 3 is 2.93 bits per heavy atom. The van der Waals surface area contributed by atoms with Crippen LogP contribution in [-0.4, -0.2) is 17.5 Å². The van der Waals surface area contributed by atoms with Gasteiger partial charge in [0.15, 0.2) is 5.78 Å². The molecule has 0 fully saturated rings. The lowest BCUT2D eigenvalue weighted by molar-refractivity contribution is 0.0930. The molecule has 1 heterocycles. The van der Waals surface area contributed by atoms with Crippen molar-refractivity contribution in [2.75, 3.05) is 6.61 Å². The summed E-state index contributed by atoms with van der Waals surface area (Å²) in [6.45, 7) is 0.271. The average molecular weight is 193 g/mol. The lowest BCUT2D eigenvalue weighted by atomic mass is 10.0. The van der Waals surface area contributed by atoms with Gasteiger partial charge in [-0.25, -0.2) is 0 Å². The van der Waals surface area contributed by atoms with Gasteiger partial charge in [-0.3, -0.25) is 4.79 Å². The van der Waals surface area contributed by atoms with Crippen LogP contribution in [0.4, 0.5) is 5.69 Å².